The molecule has 0 N–H and O–H groups in total. The SMILES string of the molecule is Cc1ccc(Cn2cc(OC=O)nc2C)cc1. The third kappa shape index (κ3) is 2.72. The molecule has 17 heavy (non-hydrogen) atoms. The maximum absolute atomic E-state index is 10.2. The monoisotopic (exact) mass is 230 g/mol. The maximum atomic E-state index is 10.2. The van der Waals surface area contributed by atoms with Gasteiger partial charge in [-0.05, 0) is 19.4 Å². The van der Waals surface area contributed by atoms with E-state index >= 15 is 0 Å². The molecule has 2 aromatic rings. The third-order valence-corrected chi connectivity index (χ3v) is 2.60. The van der Waals surface area contributed by atoms with E-state index in [4.69, 9.17) is 4.74 Å². The van der Waals surface area contributed by atoms with Gasteiger partial charge in [-0.2, -0.15) is 4.98 Å². The van der Waals surface area contributed by atoms with E-state index in [9.17, 15) is 4.79 Å². The Morgan fingerprint density at radius 3 is 2.65 bits per heavy atom. The molecule has 0 amide bonds. The molecule has 0 aliphatic carbocycles. The second kappa shape index (κ2) is 4.82. The minimum Gasteiger partial charge on any atom is -0.408 e. The summed E-state index contributed by atoms with van der Waals surface area (Å²) in [6, 6.07) is 8.30. The van der Waals surface area contributed by atoms with Gasteiger partial charge >= 0.3 is 0 Å². The molecule has 88 valence electrons. The summed E-state index contributed by atoms with van der Waals surface area (Å²) in [6.45, 7) is 5.05. The zero-order valence-corrected chi connectivity index (χ0v) is 9.88. The number of carbonyl (C=O) groups excluding carboxylic acids is 1. The summed E-state index contributed by atoms with van der Waals surface area (Å²) < 4.78 is 6.66. The van der Waals surface area contributed by atoms with Gasteiger partial charge in [0.15, 0.2) is 0 Å². The number of nitrogens with zero attached hydrogens (tertiary/aromatic N) is 2. The molecule has 1 aromatic carbocycles. The predicted octanol–water partition coefficient (Wildman–Crippen LogP) is 2.08. The second-order valence-electron chi connectivity index (χ2n) is 3.95. The maximum Gasteiger partial charge on any atom is 0.299 e. The summed E-state index contributed by atoms with van der Waals surface area (Å²) >= 11 is 0. The van der Waals surface area contributed by atoms with Gasteiger partial charge in [-0.15, -0.1) is 0 Å². The van der Waals surface area contributed by atoms with Crippen molar-refractivity contribution in [2.24, 2.45) is 0 Å². The van der Waals surface area contributed by atoms with E-state index in [1.54, 1.807) is 6.20 Å². The Bertz CT molecular complexity index is 515. The van der Waals surface area contributed by atoms with Crippen molar-refractivity contribution in [3.05, 3.63) is 47.4 Å². The van der Waals surface area contributed by atoms with Gasteiger partial charge < -0.3 is 9.30 Å². The molecule has 0 atom stereocenters. The fraction of sp³-hybridized carbons (Fsp3) is 0.231. The van der Waals surface area contributed by atoms with Crippen LogP contribution in [0.15, 0.2) is 30.5 Å². The molecule has 1 aromatic heterocycles. The molecule has 0 fully saturated rings. The van der Waals surface area contributed by atoms with E-state index in [0.29, 0.717) is 12.4 Å². The molecule has 4 heteroatoms. The topological polar surface area (TPSA) is 44.1 Å². The molecule has 2 rings (SSSR count). The molecule has 4 nitrogen and oxygen atoms in total. The van der Waals surface area contributed by atoms with Crippen LogP contribution in [-0.2, 0) is 11.3 Å². The summed E-state index contributed by atoms with van der Waals surface area (Å²) in [4.78, 5) is 14.3. The van der Waals surface area contributed by atoms with E-state index in [2.05, 4.69) is 36.2 Å². The quantitative estimate of drug-likeness (QED) is 0.755. The van der Waals surface area contributed by atoms with E-state index < -0.39 is 0 Å². The summed E-state index contributed by atoms with van der Waals surface area (Å²) in [7, 11) is 0. The van der Waals surface area contributed by atoms with Crippen molar-refractivity contribution in [2.45, 2.75) is 20.4 Å². The Balaban J connectivity index is 2.17. The van der Waals surface area contributed by atoms with Gasteiger partial charge in [0.25, 0.3) is 6.47 Å². The average molecular weight is 230 g/mol. The summed E-state index contributed by atoms with van der Waals surface area (Å²) in [5.41, 5.74) is 2.43. The first-order chi connectivity index (χ1) is 8.19. The van der Waals surface area contributed by atoms with Gasteiger partial charge in [-0.25, -0.2) is 0 Å². The van der Waals surface area contributed by atoms with Crippen LogP contribution in [0.25, 0.3) is 0 Å². The third-order valence-electron chi connectivity index (χ3n) is 2.60. The lowest BCUT2D eigenvalue weighted by molar-refractivity contribution is -0.120. The summed E-state index contributed by atoms with van der Waals surface area (Å²) in [5, 5.41) is 0. The molecule has 1 heterocycles. The van der Waals surface area contributed by atoms with Crippen molar-refractivity contribution in [3.63, 3.8) is 0 Å². The van der Waals surface area contributed by atoms with Crippen LogP contribution < -0.4 is 4.74 Å². The first-order valence-electron chi connectivity index (χ1n) is 5.38. The van der Waals surface area contributed by atoms with Crippen LogP contribution in [0.2, 0.25) is 0 Å². The molecule has 0 aliphatic heterocycles. The minimum absolute atomic E-state index is 0.338. The minimum atomic E-state index is 0.338. The molecule has 0 spiro atoms. The zero-order valence-electron chi connectivity index (χ0n) is 9.88. The highest BCUT2D eigenvalue weighted by molar-refractivity contribution is 5.42. The first kappa shape index (κ1) is 11.4. The van der Waals surface area contributed by atoms with E-state index in [-0.39, 0.29) is 0 Å². The number of hydrogen-bond donors (Lipinski definition) is 0. The average Bonchev–Trinajstić information content (AvgIpc) is 2.63. The number of benzene rings is 1. The summed E-state index contributed by atoms with van der Waals surface area (Å²) in [5.74, 6) is 1.16. The lowest BCUT2D eigenvalue weighted by Crippen LogP contribution is -2.00. The molecule has 0 radical (unpaired) electrons. The van der Waals surface area contributed by atoms with Crippen molar-refractivity contribution in [1.29, 1.82) is 0 Å². The van der Waals surface area contributed by atoms with Crippen LogP contribution in [0.1, 0.15) is 17.0 Å². The smallest absolute Gasteiger partial charge is 0.299 e. The Hall–Kier alpha value is -2.10. The number of aromatic nitrogens is 2. The molecule has 0 unspecified atom stereocenters. The highest BCUT2D eigenvalue weighted by atomic mass is 16.5. The van der Waals surface area contributed by atoms with Crippen LogP contribution >= 0.6 is 0 Å². The van der Waals surface area contributed by atoms with Crippen molar-refractivity contribution < 1.29 is 9.53 Å². The predicted molar refractivity (Wildman–Crippen MR) is 63.9 cm³/mol. The molecule has 0 saturated heterocycles. The fourth-order valence-electron chi connectivity index (χ4n) is 1.64. The van der Waals surface area contributed by atoms with Crippen molar-refractivity contribution >= 4 is 6.47 Å². The second-order valence-corrected chi connectivity index (χ2v) is 3.95. The number of carbonyl (C=O) groups is 1. The zero-order chi connectivity index (χ0) is 12.3. The van der Waals surface area contributed by atoms with Crippen LogP contribution in [0.5, 0.6) is 5.88 Å². The Morgan fingerprint density at radius 2 is 2.00 bits per heavy atom. The number of rotatable bonds is 4. The van der Waals surface area contributed by atoms with Crippen LogP contribution in [-0.4, -0.2) is 16.0 Å². The highest BCUT2D eigenvalue weighted by Crippen LogP contribution is 2.12. The van der Waals surface area contributed by atoms with Crippen molar-refractivity contribution in [3.8, 4) is 5.88 Å². The van der Waals surface area contributed by atoms with E-state index in [1.807, 2.05) is 11.5 Å². The van der Waals surface area contributed by atoms with Gasteiger partial charge in [0.2, 0.25) is 5.88 Å². The normalized spacial score (nSPS) is 10.2. The molecule has 0 bridgehead atoms. The Labute approximate surface area is 99.9 Å². The van der Waals surface area contributed by atoms with Crippen LogP contribution in [0, 0.1) is 13.8 Å². The molecule has 0 aliphatic rings. The van der Waals surface area contributed by atoms with Gasteiger partial charge in [-0.1, -0.05) is 29.8 Å². The number of hydrogen-bond acceptors (Lipinski definition) is 3. The fourth-order valence-corrected chi connectivity index (χ4v) is 1.64. The van der Waals surface area contributed by atoms with Gasteiger partial charge in [-0.3, -0.25) is 4.79 Å². The number of aryl methyl sites for hydroxylation is 2. The standard InChI is InChI=1S/C13H14N2O2/c1-10-3-5-12(6-4-10)7-15-8-13(17-9-16)14-11(15)2/h3-6,8-9H,7H2,1-2H3. The van der Waals surface area contributed by atoms with E-state index in [1.165, 1.54) is 11.1 Å². The van der Waals surface area contributed by atoms with Gasteiger partial charge in [0.05, 0.1) is 6.20 Å². The lowest BCUT2D eigenvalue weighted by Gasteiger charge is -2.04. The van der Waals surface area contributed by atoms with Crippen LogP contribution in [0.3, 0.4) is 0 Å². The number of ether oxygens (including phenoxy) is 1. The van der Waals surface area contributed by atoms with Gasteiger partial charge in [0, 0.05) is 6.54 Å². The molecular formula is C13H14N2O2. The Kier molecular flexibility index (Phi) is 3.23. The molecular weight excluding hydrogens is 216 g/mol. The van der Waals surface area contributed by atoms with Crippen LogP contribution in [0.4, 0.5) is 0 Å². The lowest BCUT2D eigenvalue weighted by atomic mass is 10.1. The largest absolute Gasteiger partial charge is 0.408 e. The molecule has 0 saturated carbocycles. The van der Waals surface area contributed by atoms with Gasteiger partial charge in [0.1, 0.15) is 5.82 Å². The van der Waals surface area contributed by atoms with Crippen molar-refractivity contribution in [2.75, 3.05) is 0 Å². The Morgan fingerprint density at radius 1 is 1.29 bits per heavy atom. The number of imidazole rings is 1. The van der Waals surface area contributed by atoms with Crippen molar-refractivity contribution in [1.82, 2.24) is 9.55 Å². The first-order valence-corrected chi connectivity index (χ1v) is 5.38. The highest BCUT2D eigenvalue weighted by Gasteiger charge is 2.05. The van der Waals surface area contributed by atoms with E-state index in [0.717, 1.165) is 12.4 Å². The summed E-state index contributed by atoms with van der Waals surface area (Å²) in [6.07, 6.45) is 1.73.